The zero-order chi connectivity index (χ0) is 12.1. The van der Waals surface area contributed by atoms with Crippen LogP contribution in [0.3, 0.4) is 0 Å². The number of nitrogens with one attached hydrogen (secondary N) is 1. The van der Waals surface area contributed by atoms with Gasteiger partial charge in [-0.1, -0.05) is 12.2 Å². The van der Waals surface area contributed by atoms with Crippen molar-refractivity contribution in [2.24, 2.45) is 11.7 Å². The molecule has 1 aromatic heterocycles. The fraction of sp³-hybridized carbons (Fsp3) is 0.400. The molecule has 1 heterocycles. The van der Waals surface area contributed by atoms with Gasteiger partial charge in [0.2, 0.25) is 5.91 Å². The zero-order valence-corrected chi connectivity index (χ0v) is 10.0. The van der Waals surface area contributed by atoms with Gasteiger partial charge in [-0.15, -0.1) is 0 Å². The summed E-state index contributed by atoms with van der Waals surface area (Å²) in [6.45, 7) is 3.82. The molecule has 0 aliphatic carbocycles. The Kier molecular flexibility index (Phi) is 4.30. The number of hydrogen-bond acceptors (Lipinski definition) is 4. The average Bonchev–Trinajstić information content (AvgIpc) is 2.24. The van der Waals surface area contributed by atoms with E-state index in [-0.39, 0.29) is 10.9 Å². The zero-order valence-electron chi connectivity index (χ0n) is 9.23. The summed E-state index contributed by atoms with van der Waals surface area (Å²) in [5.41, 5.74) is 6.14. The van der Waals surface area contributed by atoms with Crippen molar-refractivity contribution in [1.29, 1.82) is 0 Å². The Hall–Kier alpha value is -1.56. The van der Waals surface area contributed by atoms with Crippen LogP contribution in [0, 0.1) is 12.8 Å². The first-order chi connectivity index (χ1) is 7.50. The van der Waals surface area contributed by atoms with Crippen LogP contribution >= 0.6 is 12.2 Å². The molecule has 0 fully saturated rings. The predicted molar refractivity (Wildman–Crippen MR) is 64.6 cm³/mol. The SMILES string of the molecule is Cc1nccc(CNC(=O)C(C)C(N)=S)n1. The van der Waals surface area contributed by atoms with E-state index in [4.69, 9.17) is 18.0 Å². The molecule has 0 radical (unpaired) electrons. The highest BCUT2D eigenvalue weighted by Gasteiger charge is 2.14. The van der Waals surface area contributed by atoms with E-state index in [0.29, 0.717) is 12.4 Å². The quantitative estimate of drug-likeness (QED) is 0.738. The van der Waals surface area contributed by atoms with E-state index >= 15 is 0 Å². The van der Waals surface area contributed by atoms with Gasteiger partial charge in [0.25, 0.3) is 0 Å². The van der Waals surface area contributed by atoms with Gasteiger partial charge in [-0.3, -0.25) is 4.79 Å². The van der Waals surface area contributed by atoms with E-state index < -0.39 is 5.92 Å². The molecule has 0 aliphatic rings. The smallest absolute Gasteiger partial charge is 0.229 e. The molecule has 0 saturated carbocycles. The van der Waals surface area contributed by atoms with Gasteiger partial charge < -0.3 is 11.1 Å². The lowest BCUT2D eigenvalue weighted by Gasteiger charge is -2.10. The van der Waals surface area contributed by atoms with E-state index in [9.17, 15) is 4.79 Å². The molecule has 1 rings (SSSR count). The Balaban J connectivity index is 2.52. The highest BCUT2D eigenvalue weighted by atomic mass is 32.1. The van der Waals surface area contributed by atoms with Crippen molar-refractivity contribution in [3.63, 3.8) is 0 Å². The van der Waals surface area contributed by atoms with Gasteiger partial charge in [-0.05, 0) is 19.9 Å². The summed E-state index contributed by atoms with van der Waals surface area (Å²) in [4.78, 5) is 19.8. The van der Waals surface area contributed by atoms with E-state index in [1.807, 2.05) is 0 Å². The minimum Gasteiger partial charge on any atom is -0.393 e. The number of carbonyl (C=O) groups is 1. The molecular weight excluding hydrogens is 224 g/mol. The summed E-state index contributed by atoms with van der Waals surface area (Å²) in [5, 5.41) is 2.71. The molecule has 6 heteroatoms. The Bertz CT molecular complexity index is 408. The van der Waals surface area contributed by atoms with Gasteiger partial charge in [0.1, 0.15) is 5.82 Å². The minimum atomic E-state index is -0.460. The molecule has 16 heavy (non-hydrogen) atoms. The summed E-state index contributed by atoms with van der Waals surface area (Å²) < 4.78 is 0. The maximum absolute atomic E-state index is 11.5. The number of nitrogens with two attached hydrogens (primary N) is 1. The molecule has 1 atom stereocenters. The lowest BCUT2D eigenvalue weighted by atomic mass is 10.1. The molecule has 1 unspecified atom stereocenters. The summed E-state index contributed by atoms with van der Waals surface area (Å²) in [7, 11) is 0. The van der Waals surface area contributed by atoms with Crippen LogP contribution in [-0.4, -0.2) is 20.9 Å². The van der Waals surface area contributed by atoms with Crippen LogP contribution in [-0.2, 0) is 11.3 Å². The molecule has 0 aromatic carbocycles. The first-order valence-corrected chi connectivity index (χ1v) is 5.27. The Morgan fingerprint density at radius 3 is 2.94 bits per heavy atom. The van der Waals surface area contributed by atoms with Gasteiger partial charge in [-0.25, -0.2) is 9.97 Å². The molecule has 86 valence electrons. The average molecular weight is 238 g/mol. The van der Waals surface area contributed by atoms with Crippen LogP contribution in [0.25, 0.3) is 0 Å². The van der Waals surface area contributed by atoms with Gasteiger partial charge in [0.05, 0.1) is 23.1 Å². The fourth-order valence-corrected chi connectivity index (χ4v) is 1.17. The molecule has 0 bridgehead atoms. The second-order valence-electron chi connectivity index (χ2n) is 3.44. The molecular formula is C10H14N4OS. The van der Waals surface area contributed by atoms with Gasteiger partial charge in [0.15, 0.2) is 0 Å². The maximum Gasteiger partial charge on any atom is 0.229 e. The van der Waals surface area contributed by atoms with Crippen molar-refractivity contribution in [1.82, 2.24) is 15.3 Å². The molecule has 0 aliphatic heterocycles. The number of nitrogens with zero attached hydrogens (tertiary/aromatic N) is 2. The number of thiocarbonyl (C=S) groups is 1. The van der Waals surface area contributed by atoms with Crippen molar-refractivity contribution < 1.29 is 4.79 Å². The highest BCUT2D eigenvalue weighted by molar-refractivity contribution is 7.80. The van der Waals surface area contributed by atoms with Crippen LogP contribution < -0.4 is 11.1 Å². The number of aromatic nitrogens is 2. The topological polar surface area (TPSA) is 80.9 Å². The molecule has 0 saturated heterocycles. The van der Waals surface area contributed by atoms with Crippen molar-refractivity contribution in [3.8, 4) is 0 Å². The number of carbonyl (C=O) groups excluding carboxylic acids is 1. The standard InChI is InChI=1S/C10H14N4OS/c1-6(9(11)16)10(15)13-5-8-3-4-12-7(2)14-8/h3-4,6H,5H2,1-2H3,(H2,11,16)(H,13,15). The van der Waals surface area contributed by atoms with Crippen LogP contribution in [0.1, 0.15) is 18.4 Å². The third-order valence-corrected chi connectivity index (χ3v) is 2.45. The normalized spacial score (nSPS) is 11.9. The summed E-state index contributed by atoms with van der Waals surface area (Å²) >= 11 is 4.74. The summed E-state index contributed by atoms with van der Waals surface area (Å²) in [6.07, 6.45) is 1.65. The number of aryl methyl sites for hydroxylation is 1. The molecule has 3 N–H and O–H groups in total. The fourth-order valence-electron chi connectivity index (χ4n) is 1.06. The van der Waals surface area contributed by atoms with E-state index in [0.717, 1.165) is 5.69 Å². The summed E-state index contributed by atoms with van der Waals surface area (Å²) in [5.74, 6) is 0.0239. The largest absolute Gasteiger partial charge is 0.393 e. The van der Waals surface area contributed by atoms with Crippen LogP contribution in [0.2, 0.25) is 0 Å². The van der Waals surface area contributed by atoms with Crippen LogP contribution in [0.4, 0.5) is 0 Å². The first kappa shape index (κ1) is 12.5. The number of amides is 1. The van der Waals surface area contributed by atoms with Crippen LogP contribution in [0.15, 0.2) is 12.3 Å². The van der Waals surface area contributed by atoms with E-state index in [1.54, 1.807) is 26.1 Å². The van der Waals surface area contributed by atoms with Crippen molar-refractivity contribution in [3.05, 3.63) is 23.8 Å². The monoisotopic (exact) mass is 238 g/mol. The third-order valence-electron chi connectivity index (χ3n) is 2.10. The minimum absolute atomic E-state index is 0.191. The van der Waals surface area contributed by atoms with Crippen molar-refractivity contribution in [2.45, 2.75) is 20.4 Å². The predicted octanol–water partition coefficient (Wildman–Crippen LogP) is 0.323. The number of hydrogen-bond donors (Lipinski definition) is 2. The van der Waals surface area contributed by atoms with Gasteiger partial charge >= 0.3 is 0 Å². The number of rotatable bonds is 4. The molecule has 1 amide bonds. The Morgan fingerprint density at radius 2 is 2.38 bits per heavy atom. The molecule has 1 aromatic rings. The third kappa shape index (κ3) is 3.54. The van der Waals surface area contributed by atoms with Gasteiger partial charge in [0, 0.05) is 6.20 Å². The first-order valence-electron chi connectivity index (χ1n) is 4.86. The Morgan fingerprint density at radius 1 is 1.69 bits per heavy atom. The van der Waals surface area contributed by atoms with Crippen LogP contribution in [0.5, 0.6) is 0 Å². The maximum atomic E-state index is 11.5. The summed E-state index contributed by atoms with van der Waals surface area (Å²) in [6, 6.07) is 1.75. The lowest BCUT2D eigenvalue weighted by Crippen LogP contribution is -2.35. The second kappa shape index (κ2) is 5.50. The van der Waals surface area contributed by atoms with Crippen molar-refractivity contribution in [2.75, 3.05) is 0 Å². The second-order valence-corrected chi connectivity index (χ2v) is 3.91. The highest BCUT2D eigenvalue weighted by Crippen LogP contribution is 1.98. The molecule has 5 nitrogen and oxygen atoms in total. The van der Waals surface area contributed by atoms with Crippen molar-refractivity contribution >= 4 is 23.1 Å². The molecule has 0 spiro atoms. The Labute approximate surface area is 99.5 Å². The van der Waals surface area contributed by atoms with E-state index in [2.05, 4.69) is 15.3 Å². The lowest BCUT2D eigenvalue weighted by molar-refractivity contribution is -0.122. The van der Waals surface area contributed by atoms with Gasteiger partial charge in [-0.2, -0.15) is 0 Å². The van der Waals surface area contributed by atoms with E-state index in [1.165, 1.54) is 0 Å².